The average Bonchev–Trinajstić information content (AvgIpc) is 3.33. The molecule has 3 saturated heterocycles. The molecule has 4 heteroatoms. The lowest BCUT2D eigenvalue weighted by Crippen LogP contribution is -2.47. The fourth-order valence-corrected chi connectivity index (χ4v) is 4.41. The molecular formula is C15H26O4. The van der Waals surface area contributed by atoms with Crippen molar-refractivity contribution in [3.8, 4) is 0 Å². The normalized spacial score (nSPS) is 59.4. The predicted molar refractivity (Wildman–Crippen MR) is 70.9 cm³/mol. The first-order chi connectivity index (χ1) is 9.31. The maximum absolute atomic E-state index is 6.11. The first-order valence-corrected chi connectivity index (χ1v) is 7.86. The second-order valence-electron chi connectivity index (χ2n) is 7.23. The van der Waals surface area contributed by atoms with E-state index in [2.05, 4.69) is 0 Å². The minimum atomic E-state index is 0. The number of hydrogen-bond acceptors (Lipinski definition) is 4. The summed E-state index contributed by atoms with van der Waals surface area (Å²) in [6.07, 6.45) is 9.24. The molecule has 3 aliphatic heterocycles. The van der Waals surface area contributed by atoms with Crippen LogP contribution in [0.3, 0.4) is 0 Å². The van der Waals surface area contributed by atoms with Crippen LogP contribution in [0.2, 0.25) is 0 Å². The molecule has 0 radical (unpaired) electrons. The second kappa shape index (κ2) is 3.94. The molecule has 0 amide bonds. The lowest BCUT2D eigenvalue weighted by Gasteiger charge is -2.43. The molecule has 4 nitrogen and oxygen atoms in total. The van der Waals surface area contributed by atoms with Crippen LogP contribution in [0.5, 0.6) is 0 Å². The molecule has 19 heavy (non-hydrogen) atoms. The molecule has 1 spiro atoms. The van der Waals surface area contributed by atoms with Gasteiger partial charge in [-0.25, -0.2) is 0 Å². The van der Waals surface area contributed by atoms with E-state index in [-0.39, 0.29) is 14.6 Å². The average molecular weight is 270 g/mol. The SMILES string of the molecule is C1CC2OC2CC1C1OCC2(CCC3OC3C2)CO1.[HH].[HH]. The highest BCUT2D eigenvalue weighted by atomic mass is 16.7. The standard InChI is InChI=1S/C15H22O4.2H2/c1-2-10-12(18-10)5-9(1)14-16-7-15(8-17-14)4-3-11-13(6-15)19-11;;/h9-14H,1-8H2;2*1H. The Labute approximate surface area is 116 Å². The predicted octanol–water partition coefficient (Wildman–Crippen LogP) is 2.36. The molecule has 2 aliphatic carbocycles. The highest BCUT2D eigenvalue weighted by molar-refractivity contribution is 5.00. The van der Waals surface area contributed by atoms with Gasteiger partial charge in [0.05, 0.1) is 37.6 Å². The molecule has 5 atom stereocenters. The van der Waals surface area contributed by atoms with Crippen molar-refractivity contribution in [3.63, 3.8) is 0 Å². The summed E-state index contributed by atoms with van der Waals surface area (Å²) >= 11 is 0. The fourth-order valence-electron chi connectivity index (χ4n) is 4.41. The summed E-state index contributed by atoms with van der Waals surface area (Å²) in [5.74, 6) is 0.551. The zero-order chi connectivity index (χ0) is 12.4. The summed E-state index contributed by atoms with van der Waals surface area (Å²) in [5, 5.41) is 0. The van der Waals surface area contributed by atoms with Gasteiger partial charge in [-0.05, 0) is 38.5 Å². The molecule has 2 saturated carbocycles. The topological polar surface area (TPSA) is 43.5 Å². The van der Waals surface area contributed by atoms with E-state index < -0.39 is 0 Å². The first kappa shape index (κ1) is 11.5. The van der Waals surface area contributed by atoms with Crippen molar-refractivity contribution in [3.05, 3.63) is 0 Å². The Kier molecular flexibility index (Phi) is 2.38. The van der Waals surface area contributed by atoms with E-state index in [1.807, 2.05) is 0 Å². The zero-order valence-corrected chi connectivity index (χ0v) is 11.3. The van der Waals surface area contributed by atoms with Crippen molar-refractivity contribution in [2.24, 2.45) is 11.3 Å². The maximum Gasteiger partial charge on any atom is 0.160 e. The van der Waals surface area contributed by atoms with E-state index in [1.165, 1.54) is 25.7 Å². The summed E-state index contributed by atoms with van der Waals surface area (Å²) in [7, 11) is 0. The molecule has 3 heterocycles. The number of fused-ring (bicyclic) bond motifs is 2. The molecule has 5 rings (SSSR count). The van der Waals surface area contributed by atoms with Crippen LogP contribution in [0.4, 0.5) is 0 Å². The van der Waals surface area contributed by atoms with Gasteiger partial charge in [-0.1, -0.05) is 0 Å². The minimum Gasteiger partial charge on any atom is -0.370 e. The molecule has 5 aliphatic rings. The molecule has 110 valence electrons. The monoisotopic (exact) mass is 270 g/mol. The second-order valence-corrected chi connectivity index (χ2v) is 7.23. The summed E-state index contributed by atoms with van der Waals surface area (Å²) in [6.45, 7) is 1.74. The van der Waals surface area contributed by atoms with Crippen LogP contribution < -0.4 is 0 Å². The smallest absolute Gasteiger partial charge is 0.160 e. The van der Waals surface area contributed by atoms with Gasteiger partial charge in [0.15, 0.2) is 6.29 Å². The van der Waals surface area contributed by atoms with Crippen molar-refractivity contribution in [2.45, 2.75) is 69.2 Å². The van der Waals surface area contributed by atoms with Crippen LogP contribution >= 0.6 is 0 Å². The van der Waals surface area contributed by atoms with Gasteiger partial charge in [-0.15, -0.1) is 0 Å². The molecular weight excluding hydrogens is 244 g/mol. The van der Waals surface area contributed by atoms with Gasteiger partial charge < -0.3 is 18.9 Å². The molecule has 0 aromatic carbocycles. The first-order valence-electron chi connectivity index (χ1n) is 7.86. The van der Waals surface area contributed by atoms with Gasteiger partial charge in [-0.3, -0.25) is 0 Å². The van der Waals surface area contributed by atoms with Crippen LogP contribution in [0.15, 0.2) is 0 Å². The highest BCUT2D eigenvalue weighted by Gasteiger charge is 2.53. The molecule has 0 bridgehead atoms. The largest absolute Gasteiger partial charge is 0.370 e. The van der Waals surface area contributed by atoms with Crippen molar-refractivity contribution in [1.82, 2.24) is 0 Å². The summed E-state index contributed by atoms with van der Waals surface area (Å²) in [4.78, 5) is 0. The Hall–Kier alpha value is -0.160. The Morgan fingerprint density at radius 1 is 0.842 bits per heavy atom. The van der Waals surface area contributed by atoms with Crippen LogP contribution in [-0.2, 0) is 18.9 Å². The van der Waals surface area contributed by atoms with Gasteiger partial charge >= 0.3 is 0 Å². The van der Waals surface area contributed by atoms with E-state index in [9.17, 15) is 0 Å². The summed E-state index contributed by atoms with van der Waals surface area (Å²) in [6, 6.07) is 0. The van der Waals surface area contributed by atoms with Gasteiger partial charge in [-0.2, -0.15) is 0 Å². The van der Waals surface area contributed by atoms with E-state index in [0.717, 1.165) is 26.1 Å². The van der Waals surface area contributed by atoms with E-state index >= 15 is 0 Å². The Balaban J connectivity index is 0.000000661. The Morgan fingerprint density at radius 2 is 1.63 bits per heavy atom. The van der Waals surface area contributed by atoms with Crippen LogP contribution in [0.1, 0.15) is 41.4 Å². The molecule has 5 fully saturated rings. The zero-order valence-electron chi connectivity index (χ0n) is 11.3. The minimum absolute atomic E-state index is 0. The summed E-state index contributed by atoms with van der Waals surface area (Å²) < 4.78 is 23.5. The Bertz CT molecular complexity index is 386. The number of epoxide rings is 2. The van der Waals surface area contributed by atoms with E-state index in [4.69, 9.17) is 18.9 Å². The van der Waals surface area contributed by atoms with Crippen molar-refractivity contribution in [2.75, 3.05) is 13.2 Å². The van der Waals surface area contributed by atoms with Crippen LogP contribution in [0, 0.1) is 11.3 Å². The third-order valence-corrected chi connectivity index (χ3v) is 5.82. The molecule has 0 N–H and O–H groups in total. The molecule has 0 aromatic heterocycles. The fraction of sp³-hybridized carbons (Fsp3) is 1.00. The number of hydrogen-bond donors (Lipinski definition) is 0. The number of ether oxygens (including phenoxy) is 4. The lowest BCUT2D eigenvalue weighted by atomic mass is 9.74. The van der Waals surface area contributed by atoms with Crippen molar-refractivity contribution in [1.29, 1.82) is 0 Å². The third-order valence-electron chi connectivity index (χ3n) is 5.82. The van der Waals surface area contributed by atoms with Crippen LogP contribution in [-0.4, -0.2) is 43.9 Å². The summed E-state index contributed by atoms with van der Waals surface area (Å²) in [5.41, 5.74) is 0.251. The third kappa shape index (κ3) is 1.96. The van der Waals surface area contributed by atoms with Gasteiger partial charge in [0.2, 0.25) is 0 Å². The van der Waals surface area contributed by atoms with E-state index in [1.54, 1.807) is 0 Å². The lowest BCUT2D eigenvalue weighted by molar-refractivity contribution is -0.257. The van der Waals surface area contributed by atoms with E-state index in [0.29, 0.717) is 30.3 Å². The maximum atomic E-state index is 6.11. The van der Waals surface area contributed by atoms with Crippen LogP contribution in [0.25, 0.3) is 0 Å². The van der Waals surface area contributed by atoms with Gasteiger partial charge in [0.25, 0.3) is 0 Å². The highest BCUT2D eigenvalue weighted by Crippen LogP contribution is 2.49. The molecule has 5 unspecified atom stereocenters. The molecule has 0 aromatic rings. The van der Waals surface area contributed by atoms with Gasteiger partial charge in [0.1, 0.15) is 0 Å². The quantitative estimate of drug-likeness (QED) is 0.686. The Morgan fingerprint density at radius 3 is 2.42 bits per heavy atom. The van der Waals surface area contributed by atoms with Crippen molar-refractivity contribution >= 4 is 0 Å². The van der Waals surface area contributed by atoms with Gasteiger partial charge in [0, 0.05) is 14.2 Å². The van der Waals surface area contributed by atoms with Crippen molar-refractivity contribution < 1.29 is 21.8 Å². The number of rotatable bonds is 1.